The van der Waals surface area contributed by atoms with Crippen LogP contribution in [0.3, 0.4) is 0 Å². The van der Waals surface area contributed by atoms with Gasteiger partial charge in [-0.3, -0.25) is 14.0 Å². The van der Waals surface area contributed by atoms with E-state index < -0.39 is 5.97 Å². The highest BCUT2D eigenvalue weighted by molar-refractivity contribution is 7.99. The molecule has 0 unspecified atom stereocenters. The van der Waals surface area contributed by atoms with Crippen LogP contribution in [0.4, 0.5) is 0 Å². The summed E-state index contributed by atoms with van der Waals surface area (Å²) in [6.07, 6.45) is -0.116. The van der Waals surface area contributed by atoms with Gasteiger partial charge in [-0.25, -0.2) is 4.79 Å². The predicted molar refractivity (Wildman–Crippen MR) is 141 cm³/mol. The van der Waals surface area contributed by atoms with Crippen molar-refractivity contribution >= 4 is 58.4 Å². The molecule has 184 valence electrons. The molecule has 0 saturated carbocycles. The van der Waals surface area contributed by atoms with Gasteiger partial charge in [0.2, 0.25) is 5.91 Å². The number of ether oxygens (including phenoxy) is 1. The van der Waals surface area contributed by atoms with E-state index in [0.717, 1.165) is 33.3 Å². The molecule has 1 atom stereocenters. The number of morpholine rings is 1. The highest BCUT2D eigenvalue weighted by Gasteiger charge is 2.25. The molecule has 1 aliphatic rings. The number of benzene rings is 2. The quantitative estimate of drug-likeness (QED) is 0.338. The van der Waals surface area contributed by atoms with Gasteiger partial charge in [0.05, 0.1) is 39.1 Å². The molecular weight excluding hydrogens is 527 g/mol. The molecule has 35 heavy (non-hydrogen) atoms. The second kappa shape index (κ2) is 11.8. The average molecular weight is 552 g/mol. The fourth-order valence-electron chi connectivity index (χ4n) is 3.78. The summed E-state index contributed by atoms with van der Waals surface area (Å²) in [6, 6.07) is 16.4. The van der Waals surface area contributed by atoms with E-state index in [0.29, 0.717) is 29.7 Å². The van der Waals surface area contributed by atoms with Crippen LogP contribution in [0.15, 0.2) is 58.8 Å². The molecule has 1 aliphatic heterocycles. The number of hydrogen-bond donors (Lipinski definition) is 1. The molecule has 3 aromatic rings. The summed E-state index contributed by atoms with van der Waals surface area (Å²) in [4.78, 5) is 26.9. The maximum atomic E-state index is 12.4. The molecule has 1 N–H and O–H groups in total. The standard InChI is InChI=1S/C25H24Cl2N2O4S2/c1-16(30)29(35-24-8-7-23(34-24)18-3-2-4-19(12-18)25(31)32)15-20-14-28(9-10-33-20)13-17-5-6-21(26)22(27)11-17/h2-8,11-12,20H,9-10,13-15H2,1H3,(H,31,32)/t20-/m0/s1. The zero-order chi connectivity index (χ0) is 24.9. The monoisotopic (exact) mass is 550 g/mol. The lowest BCUT2D eigenvalue weighted by Gasteiger charge is -2.35. The normalized spacial score (nSPS) is 16.3. The maximum absolute atomic E-state index is 12.4. The van der Waals surface area contributed by atoms with E-state index in [1.54, 1.807) is 35.5 Å². The number of carboxylic acid groups (broad SMARTS) is 1. The number of thiophene rings is 1. The number of carbonyl (C=O) groups is 2. The number of carboxylic acids is 1. The van der Waals surface area contributed by atoms with Crippen LogP contribution >= 0.6 is 46.5 Å². The molecule has 0 radical (unpaired) electrons. The lowest BCUT2D eigenvalue weighted by Crippen LogP contribution is -2.46. The number of hydrogen-bond acceptors (Lipinski definition) is 6. The zero-order valence-corrected chi connectivity index (χ0v) is 22.1. The van der Waals surface area contributed by atoms with Gasteiger partial charge in [0.25, 0.3) is 0 Å². The van der Waals surface area contributed by atoms with Crippen molar-refractivity contribution in [1.29, 1.82) is 0 Å². The number of carbonyl (C=O) groups excluding carboxylic acids is 1. The molecule has 0 bridgehead atoms. The fourth-order valence-corrected chi connectivity index (χ4v) is 6.24. The van der Waals surface area contributed by atoms with E-state index in [4.69, 9.17) is 27.9 Å². The first-order valence-corrected chi connectivity index (χ1v) is 13.3. The molecule has 1 aromatic heterocycles. The number of aromatic carboxylic acids is 1. The van der Waals surface area contributed by atoms with Crippen LogP contribution in [0.25, 0.3) is 10.4 Å². The molecule has 6 nitrogen and oxygen atoms in total. The Morgan fingerprint density at radius 1 is 1.17 bits per heavy atom. The third-order valence-electron chi connectivity index (χ3n) is 5.51. The Labute approximate surface area is 222 Å². The second-order valence-electron chi connectivity index (χ2n) is 8.15. The molecule has 1 amide bonds. The summed E-state index contributed by atoms with van der Waals surface area (Å²) in [6.45, 7) is 4.82. The third kappa shape index (κ3) is 7.00. The Balaban J connectivity index is 1.38. The van der Waals surface area contributed by atoms with E-state index in [-0.39, 0.29) is 17.6 Å². The molecule has 1 fully saturated rings. The maximum Gasteiger partial charge on any atom is 0.335 e. The van der Waals surface area contributed by atoms with Gasteiger partial charge in [0, 0.05) is 43.4 Å². The van der Waals surface area contributed by atoms with Gasteiger partial charge in [-0.2, -0.15) is 0 Å². The van der Waals surface area contributed by atoms with Gasteiger partial charge in [0.15, 0.2) is 0 Å². The zero-order valence-electron chi connectivity index (χ0n) is 18.9. The van der Waals surface area contributed by atoms with Crippen molar-refractivity contribution in [2.24, 2.45) is 0 Å². The SMILES string of the molecule is CC(=O)N(C[C@@H]1CN(Cc2ccc(Cl)c(Cl)c2)CCO1)Sc1ccc(-c2cccc(C(=O)O)c2)s1. The lowest BCUT2D eigenvalue weighted by molar-refractivity contribution is -0.126. The van der Waals surface area contributed by atoms with Crippen LogP contribution in [-0.2, 0) is 16.1 Å². The van der Waals surface area contributed by atoms with E-state index in [1.807, 2.05) is 30.3 Å². The molecule has 0 spiro atoms. The second-order valence-corrected chi connectivity index (χ2v) is 11.4. The van der Waals surface area contributed by atoms with Gasteiger partial charge < -0.3 is 9.84 Å². The predicted octanol–water partition coefficient (Wildman–Crippen LogP) is 6.18. The number of nitrogens with zero attached hydrogens (tertiary/aromatic N) is 2. The molecule has 10 heteroatoms. The number of halogens is 2. The number of amides is 1. The first-order chi connectivity index (χ1) is 16.8. The van der Waals surface area contributed by atoms with Gasteiger partial charge in [-0.15, -0.1) is 11.3 Å². The van der Waals surface area contributed by atoms with E-state index in [1.165, 1.54) is 23.3 Å². The first kappa shape index (κ1) is 26.0. The average Bonchev–Trinajstić information content (AvgIpc) is 3.30. The lowest BCUT2D eigenvalue weighted by atomic mass is 10.1. The highest BCUT2D eigenvalue weighted by Crippen LogP contribution is 2.36. The summed E-state index contributed by atoms with van der Waals surface area (Å²) in [7, 11) is 0. The molecule has 2 heterocycles. The minimum absolute atomic E-state index is 0.0527. The first-order valence-electron chi connectivity index (χ1n) is 11.0. The van der Waals surface area contributed by atoms with Crippen molar-refractivity contribution in [3.05, 3.63) is 75.8 Å². The van der Waals surface area contributed by atoms with Crippen LogP contribution in [0, 0.1) is 0 Å². The Morgan fingerprint density at radius 3 is 2.74 bits per heavy atom. The van der Waals surface area contributed by atoms with Crippen molar-refractivity contribution in [3.63, 3.8) is 0 Å². The topological polar surface area (TPSA) is 70.1 Å². The summed E-state index contributed by atoms with van der Waals surface area (Å²) in [5.41, 5.74) is 2.16. The van der Waals surface area contributed by atoms with Crippen molar-refractivity contribution in [2.75, 3.05) is 26.2 Å². The van der Waals surface area contributed by atoms with Crippen molar-refractivity contribution in [3.8, 4) is 10.4 Å². The molecule has 1 saturated heterocycles. The van der Waals surface area contributed by atoms with Crippen LogP contribution in [0.1, 0.15) is 22.8 Å². The van der Waals surface area contributed by atoms with E-state index >= 15 is 0 Å². The van der Waals surface area contributed by atoms with Gasteiger partial charge in [-0.1, -0.05) is 41.4 Å². The van der Waals surface area contributed by atoms with Crippen LogP contribution in [-0.4, -0.2) is 58.5 Å². The van der Waals surface area contributed by atoms with Crippen LogP contribution in [0.5, 0.6) is 0 Å². The number of rotatable bonds is 8. The molecule has 4 rings (SSSR count). The van der Waals surface area contributed by atoms with Gasteiger partial charge >= 0.3 is 5.97 Å². The van der Waals surface area contributed by atoms with Crippen molar-refractivity contribution < 1.29 is 19.4 Å². The van der Waals surface area contributed by atoms with Crippen LogP contribution in [0.2, 0.25) is 10.0 Å². The Bertz CT molecular complexity index is 1220. The van der Waals surface area contributed by atoms with E-state index in [9.17, 15) is 14.7 Å². The fraction of sp³-hybridized carbons (Fsp3) is 0.280. The summed E-state index contributed by atoms with van der Waals surface area (Å²) < 4.78 is 8.63. The minimum Gasteiger partial charge on any atom is -0.478 e. The Hall–Kier alpha value is -2.07. The molecular formula is C25H24Cl2N2O4S2. The Morgan fingerprint density at radius 2 is 2.00 bits per heavy atom. The molecule has 0 aliphatic carbocycles. The van der Waals surface area contributed by atoms with Gasteiger partial charge in [0.1, 0.15) is 0 Å². The summed E-state index contributed by atoms with van der Waals surface area (Å²) >= 11 is 15.1. The largest absolute Gasteiger partial charge is 0.478 e. The highest BCUT2D eigenvalue weighted by atomic mass is 35.5. The van der Waals surface area contributed by atoms with E-state index in [2.05, 4.69) is 4.90 Å². The minimum atomic E-state index is -0.957. The third-order valence-corrected chi connectivity index (χ3v) is 8.59. The van der Waals surface area contributed by atoms with Crippen molar-refractivity contribution in [2.45, 2.75) is 23.8 Å². The molecule has 2 aromatic carbocycles. The van der Waals surface area contributed by atoms with Gasteiger partial charge in [-0.05, 0) is 47.5 Å². The van der Waals surface area contributed by atoms with Crippen molar-refractivity contribution in [1.82, 2.24) is 9.21 Å². The summed E-state index contributed by atoms with van der Waals surface area (Å²) in [5, 5.41) is 10.3. The smallest absolute Gasteiger partial charge is 0.335 e. The van der Waals surface area contributed by atoms with Crippen LogP contribution < -0.4 is 0 Å². The summed E-state index contributed by atoms with van der Waals surface area (Å²) in [5.74, 6) is -1.01. The Kier molecular flexibility index (Phi) is 8.75.